The second-order valence-electron chi connectivity index (χ2n) is 4.88. The van der Waals surface area contributed by atoms with E-state index < -0.39 is 17.4 Å². The molecular formula is C15H21ClN2O4. The van der Waals surface area contributed by atoms with Crippen molar-refractivity contribution >= 4 is 23.4 Å². The van der Waals surface area contributed by atoms with Crippen LogP contribution in [-0.2, 0) is 24.7 Å². The van der Waals surface area contributed by atoms with Crippen LogP contribution in [0.2, 0.25) is 5.02 Å². The minimum Gasteiger partial charge on any atom is -0.383 e. The molecule has 1 aromatic carbocycles. The molecule has 0 fully saturated rings. The van der Waals surface area contributed by atoms with Crippen LogP contribution in [0.3, 0.4) is 0 Å². The van der Waals surface area contributed by atoms with Crippen LogP contribution in [0.25, 0.3) is 0 Å². The van der Waals surface area contributed by atoms with Gasteiger partial charge in [-0.05, 0) is 24.6 Å². The first-order valence-electron chi connectivity index (χ1n) is 6.79. The van der Waals surface area contributed by atoms with Crippen molar-refractivity contribution in [2.45, 2.75) is 12.5 Å². The summed E-state index contributed by atoms with van der Waals surface area (Å²) in [7, 11) is 3.05. The lowest BCUT2D eigenvalue weighted by atomic mass is 9.95. The molecule has 0 heterocycles. The molecular weight excluding hydrogens is 308 g/mol. The van der Waals surface area contributed by atoms with Gasteiger partial charge >= 0.3 is 11.8 Å². The van der Waals surface area contributed by atoms with Crippen molar-refractivity contribution in [2.24, 2.45) is 0 Å². The number of carbonyl (C=O) groups is 2. The van der Waals surface area contributed by atoms with Crippen LogP contribution in [0.1, 0.15) is 12.5 Å². The van der Waals surface area contributed by atoms with Gasteiger partial charge in [-0.3, -0.25) is 9.59 Å². The van der Waals surface area contributed by atoms with E-state index in [0.717, 1.165) is 5.56 Å². The molecule has 1 unspecified atom stereocenters. The van der Waals surface area contributed by atoms with Gasteiger partial charge in [-0.25, -0.2) is 0 Å². The maximum absolute atomic E-state index is 11.8. The zero-order valence-corrected chi connectivity index (χ0v) is 13.7. The SMILES string of the molecule is COCCNC(=O)C(=O)NCC(C)(OC)c1cccc(Cl)c1. The van der Waals surface area contributed by atoms with Gasteiger partial charge in [0.2, 0.25) is 0 Å². The fraction of sp³-hybridized carbons (Fsp3) is 0.467. The molecule has 0 radical (unpaired) electrons. The van der Waals surface area contributed by atoms with Gasteiger partial charge in [0.25, 0.3) is 0 Å². The second-order valence-corrected chi connectivity index (χ2v) is 5.31. The van der Waals surface area contributed by atoms with Gasteiger partial charge in [-0.15, -0.1) is 0 Å². The number of methoxy groups -OCH3 is 2. The topological polar surface area (TPSA) is 76.7 Å². The number of rotatable bonds is 7. The Hall–Kier alpha value is -1.63. The summed E-state index contributed by atoms with van der Waals surface area (Å²) in [5.74, 6) is -1.43. The quantitative estimate of drug-likeness (QED) is 0.580. The molecule has 22 heavy (non-hydrogen) atoms. The van der Waals surface area contributed by atoms with Crippen LogP contribution in [0.5, 0.6) is 0 Å². The third-order valence-corrected chi connectivity index (χ3v) is 3.51. The van der Waals surface area contributed by atoms with E-state index >= 15 is 0 Å². The first kappa shape index (κ1) is 18.4. The van der Waals surface area contributed by atoms with E-state index in [-0.39, 0.29) is 13.1 Å². The molecule has 0 aromatic heterocycles. The summed E-state index contributed by atoms with van der Waals surface area (Å²) in [5.41, 5.74) is 0.0236. The first-order chi connectivity index (χ1) is 10.4. The molecule has 0 aliphatic rings. The highest BCUT2D eigenvalue weighted by atomic mass is 35.5. The first-order valence-corrected chi connectivity index (χ1v) is 7.17. The Morgan fingerprint density at radius 1 is 1.23 bits per heavy atom. The zero-order chi connectivity index (χ0) is 16.6. The van der Waals surface area contributed by atoms with Crippen LogP contribution < -0.4 is 10.6 Å². The number of carbonyl (C=O) groups excluding carboxylic acids is 2. The van der Waals surface area contributed by atoms with Crippen molar-refractivity contribution in [1.82, 2.24) is 10.6 Å². The summed E-state index contributed by atoms with van der Waals surface area (Å²) >= 11 is 5.97. The molecule has 0 saturated heterocycles. The largest absolute Gasteiger partial charge is 0.383 e. The van der Waals surface area contributed by atoms with E-state index in [4.69, 9.17) is 21.1 Å². The molecule has 1 aromatic rings. The number of hydrogen-bond acceptors (Lipinski definition) is 4. The van der Waals surface area contributed by atoms with Gasteiger partial charge in [-0.2, -0.15) is 0 Å². The summed E-state index contributed by atoms with van der Waals surface area (Å²) in [5, 5.41) is 5.58. The standard InChI is InChI=1S/C15H21ClN2O4/c1-15(22-3,11-5-4-6-12(16)9-11)10-18-14(20)13(19)17-7-8-21-2/h4-6,9H,7-8,10H2,1-3H3,(H,17,19)(H,18,20). The van der Waals surface area contributed by atoms with Crippen molar-refractivity contribution in [1.29, 1.82) is 0 Å². The van der Waals surface area contributed by atoms with Gasteiger partial charge in [0.05, 0.1) is 13.2 Å². The fourth-order valence-corrected chi connectivity index (χ4v) is 1.98. The number of benzene rings is 1. The molecule has 122 valence electrons. The Bertz CT molecular complexity index is 524. The van der Waals surface area contributed by atoms with Gasteiger partial charge < -0.3 is 20.1 Å². The van der Waals surface area contributed by atoms with Gasteiger partial charge in [0.15, 0.2) is 0 Å². The van der Waals surface area contributed by atoms with E-state index in [0.29, 0.717) is 11.6 Å². The molecule has 0 aliphatic heterocycles. The van der Waals surface area contributed by atoms with Crippen molar-refractivity contribution in [2.75, 3.05) is 33.9 Å². The van der Waals surface area contributed by atoms with E-state index in [2.05, 4.69) is 10.6 Å². The number of hydrogen-bond donors (Lipinski definition) is 2. The van der Waals surface area contributed by atoms with Crippen LogP contribution in [-0.4, -0.2) is 45.7 Å². The number of nitrogens with one attached hydrogen (secondary N) is 2. The lowest BCUT2D eigenvalue weighted by Gasteiger charge is -2.29. The molecule has 0 spiro atoms. The Labute approximate surface area is 135 Å². The molecule has 1 rings (SSSR count). The minimum absolute atomic E-state index is 0.139. The molecule has 7 heteroatoms. The smallest absolute Gasteiger partial charge is 0.309 e. The third kappa shape index (κ3) is 5.29. The highest BCUT2D eigenvalue weighted by Crippen LogP contribution is 2.26. The van der Waals surface area contributed by atoms with Crippen molar-refractivity contribution in [3.8, 4) is 0 Å². The van der Waals surface area contributed by atoms with Crippen LogP contribution in [0.4, 0.5) is 0 Å². The van der Waals surface area contributed by atoms with Gasteiger partial charge in [-0.1, -0.05) is 23.7 Å². The predicted molar refractivity (Wildman–Crippen MR) is 83.7 cm³/mol. The second kappa shape index (κ2) is 8.73. The Kier molecular flexibility index (Phi) is 7.31. The zero-order valence-electron chi connectivity index (χ0n) is 12.9. The van der Waals surface area contributed by atoms with E-state index in [1.54, 1.807) is 18.2 Å². The number of amides is 2. The molecule has 2 amide bonds. The molecule has 1 atom stereocenters. The van der Waals surface area contributed by atoms with Crippen LogP contribution in [0, 0.1) is 0 Å². The lowest BCUT2D eigenvalue weighted by Crippen LogP contribution is -2.46. The molecule has 0 saturated carbocycles. The van der Waals surface area contributed by atoms with E-state index in [1.807, 2.05) is 13.0 Å². The Morgan fingerprint density at radius 2 is 1.91 bits per heavy atom. The number of halogens is 1. The average molecular weight is 329 g/mol. The summed E-state index contributed by atoms with van der Waals surface area (Å²) < 4.78 is 10.3. The van der Waals surface area contributed by atoms with Crippen molar-refractivity contribution in [3.05, 3.63) is 34.9 Å². The van der Waals surface area contributed by atoms with E-state index in [1.165, 1.54) is 14.2 Å². The van der Waals surface area contributed by atoms with Gasteiger partial charge in [0.1, 0.15) is 5.60 Å². The van der Waals surface area contributed by atoms with Crippen molar-refractivity contribution < 1.29 is 19.1 Å². The minimum atomic E-state index is -0.784. The Balaban J connectivity index is 2.63. The summed E-state index contributed by atoms with van der Waals surface area (Å²) in [6.45, 7) is 2.57. The van der Waals surface area contributed by atoms with Crippen molar-refractivity contribution in [3.63, 3.8) is 0 Å². The van der Waals surface area contributed by atoms with Crippen LogP contribution in [0.15, 0.2) is 24.3 Å². The molecule has 6 nitrogen and oxygen atoms in total. The average Bonchev–Trinajstić information content (AvgIpc) is 2.52. The Morgan fingerprint density at radius 3 is 2.50 bits per heavy atom. The normalized spacial score (nSPS) is 13.3. The van der Waals surface area contributed by atoms with Crippen LogP contribution >= 0.6 is 11.6 Å². The molecule has 0 aliphatic carbocycles. The molecule has 2 N–H and O–H groups in total. The summed E-state index contributed by atoms with van der Waals surface area (Å²) in [6, 6.07) is 7.16. The summed E-state index contributed by atoms with van der Waals surface area (Å²) in [6.07, 6.45) is 0. The number of ether oxygens (including phenoxy) is 2. The molecule has 0 bridgehead atoms. The maximum atomic E-state index is 11.8. The monoisotopic (exact) mass is 328 g/mol. The fourth-order valence-electron chi connectivity index (χ4n) is 1.79. The summed E-state index contributed by atoms with van der Waals surface area (Å²) in [4.78, 5) is 23.3. The lowest BCUT2D eigenvalue weighted by molar-refractivity contribution is -0.140. The predicted octanol–water partition coefficient (Wildman–Crippen LogP) is 1.08. The maximum Gasteiger partial charge on any atom is 0.309 e. The van der Waals surface area contributed by atoms with Gasteiger partial charge in [0, 0.05) is 25.8 Å². The van der Waals surface area contributed by atoms with E-state index in [9.17, 15) is 9.59 Å². The highest BCUT2D eigenvalue weighted by Gasteiger charge is 2.28. The third-order valence-electron chi connectivity index (χ3n) is 3.27. The highest BCUT2D eigenvalue weighted by molar-refractivity contribution is 6.35.